The molecule has 0 aromatic heterocycles. The summed E-state index contributed by atoms with van der Waals surface area (Å²) in [4.78, 5) is 35.2. The largest absolute Gasteiger partial charge is 0.480 e. The molecule has 0 saturated heterocycles. The number of carbonyl (C=O) groups excluding carboxylic acids is 2. The van der Waals surface area contributed by atoms with Crippen molar-refractivity contribution in [3.8, 4) is 0 Å². The number of carboxylic acids is 1. The lowest BCUT2D eigenvalue weighted by Crippen LogP contribution is -2.55. The summed E-state index contributed by atoms with van der Waals surface area (Å²) < 4.78 is 0. The molecule has 0 saturated carbocycles. The summed E-state index contributed by atoms with van der Waals surface area (Å²) in [6.45, 7) is 0.684. The van der Waals surface area contributed by atoms with Gasteiger partial charge in [-0.3, -0.25) is 9.59 Å². The Hall–Kier alpha value is -1.75. The Kier molecular flexibility index (Phi) is 10.9. The first-order valence-electron chi connectivity index (χ1n) is 7.56. The van der Waals surface area contributed by atoms with E-state index in [1.54, 1.807) is 0 Å². The second-order valence-electron chi connectivity index (χ2n) is 5.15. The number of hydrogen-bond donors (Lipinski definition) is 7. The molecular formula is C13H28N6O4. The molecule has 134 valence electrons. The van der Waals surface area contributed by atoms with Crippen molar-refractivity contribution >= 4 is 17.8 Å². The molecule has 3 atom stereocenters. The minimum absolute atomic E-state index is 0.0886. The van der Waals surface area contributed by atoms with E-state index in [0.29, 0.717) is 13.0 Å². The molecule has 0 bridgehead atoms. The van der Waals surface area contributed by atoms with Gasteiger partial charge in [0.05, 0.1) is 6.04 Å². The van der Waals surface area contributed by atoms with Gasteiger partial charge in [-0.05, 0) is 45.3 Å². The molecule has 2 amide bonds. The second-order valence-corrected chi connectivity index (χ2v) is 5.15. The van der Waals surface area contributed by atoms with Gasteiger partial charge in [-0.25, -0.2) is 4.79 Å². The highest BCUT2D eigenvalue weighted by Crippen LogP contribution is 2.01. The quantitative estimate of drug-likeness (QED) is 0.194. The third-order valence-electron chi connectivity index (χ3n) is 3.21. The van der Waals surface area contributed by atoms with Crippen molar-refractivity contribution in [2.75, 3.05) is 19.6 Å². The molecule has 10 heteroatoms. The van der Waals surface area contributed by atoms with E-state index in [4.69, 9.17) is 28.0 Å². The maximum absolute atomic E-state index is 12.2. The maximum Gasteiger partial charge on any atom is 0.326 e. The molecule has 23 heavy (non-hydrogen) atoms. The smallest absolute Gasteiger partial charge is 0.326 e. The number of aliphatic carboxylic acids is 1. The molecule has 0 aromatic rings. The summed E-state index contributed by atoms with van der Waals surface area (Å²) in [6, 6.07) is -2.84. The summed E-state index contributed by atoms with van der Waals surface area (Å²) in [6.07, 6.45) is 1.13. The van der Waals surface area contributed by atoms with Gasteiger partial charge in [-0.1, -0.05) is 0 Å². The standard InChI is InChI=1S/C13H28N6O4/c14-5-1-2-9(18-11(20)8(17)3-6-15)12(21)19-10(4-7-16)13(22)23/h8-10H,1-7,14-17H2,(H,18,20)(H,19,21)(H,22,23)/t8-,9-,10-/m0/s1. The predicted octanol–water partition coefficient (Wildman–Crippen LogP) is -3.20. The highest BCUT2D eigenvalue weighted by molar-refractivity contribution is 5.91. The Morgan fingerprint density at radius 3 is 1.87 bits per heavy atom. The average Bonchev–Trinajstić information content (AvgIpc) is 2.50. The number of rotatable bonds is 12. The van der Waals surface area contributed by atoms with Crippen molar-refractivity contribution < 1.29 is 19.5 Å². The number of carboxylic acid groups (broad SMARTS) is 1. The number of nitrogens with one attached hydrogen (secondary N) is 2. The fourth-order valence-electron chi connectivity index (χ4n) is 1.88. The normalized spacial score (nSPS) is 14.6. The summed E-state index contributed by atoms with van der Waals surface area (Å²) in [5.41, 5.74) is 21.7. The zero-order chi connectivity index (χ0) is 17.8. The van der Waals surface area contributed by atoms with E-state index in [1.807, 2.05) is 0 Å². The Balaban J connectivity index is 4.82. The van der Waals surface area contributed by atoms with Gasteiger partial charge in [-0.15, -0.1) is 0 Å². The SMILES string of the molecule is NCCC[C@H](NC(=O)[C@@H](N)CCN)C(=O)N[C@@H](CCN)C(=O)O. The van der Waals surface area contributed by atoms with Crippen molar-refractivity contribution in [1.29, 1.82) is 0 Å². The number of amides is 2. The van der Waals surface area contributed by atoms with Crippen molar-refractivity contribution in [2.24, 2.45) is 22.9 Å². The van der Waals surface area contributed by atoms with Gasteiger partial charge in [0, 0.05) is 0 Å². The fourth-order valence-corrected chi connectivity index (χ4v) is 1.88. The molecule has 0 heterocycles. The van der Waals surface area contributed by atoms with E-state index in [0.717, 1.165) is 0 Å². The minimum Gasteiger partial charge on any atom is -0.480 e. The van der Waals surface area contributed by atoms with E-state index in [2.05, 4.69) is 10.6 Å². The minimum atomic E-state index is -1.19. The van der Waals surface area contributed by atoms with Crippen molar-refractivity contribution in [3.05, 3.63) is 0 Å². The molecule has 0 rings (SSSR count). The maximum atomic E-state index is 12.2. The van der Waals surface area contributed by atoms with Crippen LogP contribution in [0.5, 0.6) is 0 Å². The molecule has 0 fully saturated rings. The number of nitrogens with two attached hydrogens (primary N) is 4. The summed E-state index contributed by atoms with van der Waals surface area (Å²) in [7, 11) is 0. The molecule has 0 aromatic carbocycles. The van der Waals surface area contributed by atoms with Crippen molar-refractivity contribution in [2.45, 2.75) is 43.8 Å². The average molecular weight is 332 g/mol. The van der Waals surface area contributed by atoms with Gasteiger partial charge in [0.15, 0.2) is 0 Å². The van der Waals surface area contributed by atoms with E-state index in [9.17, 15) is 14.4 Å². The zero-order valence-corrected chi connectivity index (χ0v) is 13.2. The van der Waals surface area contributed by atoms with Gasteiger partial charge in [-0.2, -0.15) is 0 Å². The first-order valence-corrected chi connectivity index (χ1v) is 7.56. The summed E-state index contributed by atoms with van der Waals surface area (Å²) >= 11 is 0. The van der Waals surface area contributed by atoms with E-state index in [1.165, 1.54) is 0 Å². The van der Waals surface area contributed by atoms with Gasteiger partial charge in [0.25, 0.3) is 0 Å². The highest BCUT2D eigenvalue weighted by atomic mass is 16.4. The lowest BCUT2D eigenvalue weighted by Gasteiger charge is -2.22. The molecule has 0 spiro atoms. The molecule has 0 aliphatic heterocycles. The monoisotopic (exact) mass is 332 g/mol. The zero-order valence-electron chi connectivity index (χ0n) is 13.2. The molecule has 0 aliphatic rings. The van der Waals surface area contributed by atoms with Crippen molar-refractivity contribution in [1.82, 2.24) is 10.6 Å². The Morgan fingerprint density at radius 1 is 0.826 bits per heavy atom. The highest BCUT2D eigenvalue weighted by Gasteiger charge is 2.27. The van der Waals surface area contributed by atoms with Crippen LogP contribution in [0.15, 0.2) is 0 Å². The van der Waals surface area contributed by atoms with Crippen LogP contribution in [0.2, 0.25) is 0 Å². The molecule has 0 radical (unpaired) electrons. The van der Waals surface area contributed by atoms with Crippen LogP contribution in [0.1, 0.15) is 25.7 Å². The van der Waals surface area contributed by atoms with Crippen LogP contribution >= 0.6 is 0 Å². The lowest BCUT2D eigenvalue weighted by molar-refractivity contribution is -0.142. The van der Waals surface area contributed by atoms with E-state index < -0.39 is 35.9 Å². The van der Waals surface area contributed by atoms with Gasteiger partial charge < -0.3 is 38.7 Å². The number of carbonyl (C=O) groups is 3. The van der Waals surface area contributed by atoms with Crippen LogP contribution in [0.3, 0.4) is 0 Å². The molecule has 11 N–H and O–H groups in total. The van der Waals surface area contributed by atoms with Crippen LogP contribution in [-0.2, 0) is 14.4 Å². The Bertz CT molecular complexity index is 393. The Morgan fingerprint density at radius 2 is 1.39 bits per heavy atom. The summed E-state index contributed by atoms with van der Waals surface area (Å²) in [5, 5.41) is 13.9. The van der Waals surface area contributed by atoms with Gasteiger partial charge in [0.1, 0.15) is 12.1 Å². The molecular weight excluding hydrogens is 304 g/mol. The topological polar surface area (TPSA) is 200 Å². The third-order valence-corrected chi connectivity index (χ3v) is 3.21. The second kappa shape index (κ2) is 11.8. The third kappa shape index (κ3) is 8.45. The molecule has 0 unspecified atom stereocenters. The van der Waals surface area contributed by atoms with Gasteiger partial charge in [0.2, 0.25) is 11.8 Å². The molecule has 10 nitrogen and oxygen atoms in total. The van der Waals surface area contributed by atoms with Crippen LogP contribution in [0.25, 0.3) is 0 Å². The Labute approximate surface area is 135 Å². The van der Waals surface area contributed by atoms with Crippen LogP contribution in [0, 0.1) is 0 Å². The number of hydrogen-bond acceptors (Lipinski definition) is 7. The summed E-state index contributed by atoms with van der Waals surface area (Å²) in [5.74, 6) is -2.31. The van der Waals surface area contributed by atoms with Crippen LogP contribution < -0.4 is 33.6 Å². The predicted molar refractivity (Wildman–Crippen MR) is 85.1 cm³/mol. The van der Waals surface area contributed by atoms with Gasteiger partial charge >= 0.3 is 5.97 Å². The lowest BCUT2D eigenvalue weighted by atomic mass is 10.1. The van der Waals surface area contributed by atoms with E-state index in [-0.39, 0.29) is 32.4 Å². The van der Waals surface area contributed by atoms with Crippen LogP contribution in [-0.4, -0.2) is 60.6 Å². The molecule has 0 aliphatic carbocycles. The fraction of sp³-hybridized carbons (Fsp3) is 0.769. The first-order chi connectivity index (χ1) is 10.9. The van der Waals surface area contributed by atoms with Crippen molar-refractivity contribution in [3.63, 3.8) is 0 Å². The van der Waals surface area contributed by atoms with Crippen LogP contribution in [0.4, 0.5) is 0 Å². The van der Waals surface area contributed by atoms with E-state index >= 15 is 0 Å². The first kappa shape index (κ1) is 21.2.